The van der Waals surface area contributed by atoms with E-state index in [-0.39, 0.29) is 22.6 Å². The maximum Gasteiger partial charge on any atom is 0.339 e. The first kappa shape index (κ1) is 20.4. The predicted octanol–water partition coefficient (Wildman–Crippen LogP) is 4.98. The molecule has 0 radical (unpaired) electrons. The Morgan fingerprint density at radius 1 is 1.29 bits per heavy atom. The van der Waals surface area contributed by atoms with Crippen LogP contribution in [0.3, 0.4) is 0 Å². The second kappa shape index (κ2) is 6.94. The van der Waals surface area contributed by atoms with Crippen LogP contribution in [0.2, 0.25) is 0 Å². The van der Waals surface area contributed by atoms with Gasteiger partial charge in [-0.3, -0.25) is 4.79 Å². The molecule has 0 amide bonds. The van der Waals surface area contributed by atoms with Gasteiger partial charge >= 0.3 is 5.97 Å². The fourth-order valence-corrected chi connectivity index (χ4v) is 4.66. The van der Waals surface area contributed by atoms with Gasteiger partial charge in [-0.1, -0.05) is 20.8 Å². The Hall–Kier alpha value is -2.30. The second-order valence-corrected chi connectivity index (χ2v) is 9.02. The van der Waals surface area contributed by atoms with Gasteiger partial charge in [0.2, 0.25) is 0 Å². The van der Waals surface area contributed by atoms with E-state index in [4.69, 9.17) is 4.74 Å². The SMILES string of the molecule is Cc1cc2c(c(O)c1C(=O)O)C=CC(C)(CC[C@@]1(C)[C@H](C)CCC(=O)[C@@H]1C)O2. The number of phenols is 1. The van der Waals surface area contributed by atoms with Crippen molar-refractivity contribution in [1.82, 2.24) is 0 Å². The third kappa shape index (κ3) is 3.31. The van der Waals surface area contributed by atoms with Crippen LogP contribution in [-0.4, -0.2) is 27.6 Å². The molecule has 3 rings (SSSR count). The highest BCUT2D eigenvalue weighted by atomic mass is 16.5. The van der Waals surface area contributed by atoms with Gasteiger partial charge in [0, 0.05) is 12.3 Å². The number of aromatic carboxylic acids is 1. The van der Waals surface area contributed by atoms with Gasteiger partial charge in [0.1, 0.15) is 28.4 Å². The van der Waals surface area contributed by atoms with Gasteiger partial charge < -0.3 is 14.9 Å². The molecule has 2 N–H and O–H groups in total. The summed E-state index contributed by atoms with van der Waals surface area (Å²) >= 11 is 0. The number of ketones is 1. The van der Waals surface area contributed by atoms with Crippen molar-refractivity contribution in [2.24, 2.45) is 17.3 Å². The van der Waals surface area contributed by atoms with E-state index in [1.165, 1.54) is 0 Å². The van der Waals surface area contributed by atoms with Gasteiger partial charge in [0.05, 0.1) is 5.56 Å². The van der Waals surface area contributed by atoms with E-state index in [1.807, 2.05) is 19.9 Å². The molecule has 152 valence electrons. The Labute approximate surface area is 166 Å². The van der Waals surface area contributed by atoms with Crippen LogP contribution in [0.5, 0.6) is 11.5 Å². The molecule has 1 unspecified atom stereocenters. The van der Waals surface area contributed by atoms with E-state index in [0.717, 1.165) is 19.3 Å². The van der Waals surface area contributed by atoms with Crippen molar-refractivity contribution in [3.8, 4) is 11.5 Å². The first-order valence-corrected chi connectivity index (χ1v) is 9.99. The van der Waals surface area contributed by atoms with Crippen molar-refractivity contribution in [2.75, 3.05) is 0 Å². The number of carboxylic acid groups (broad SMARTS) is 1. The molecular formula is C23H30O5. The van der Waals surface area contributed by atoms with Crippen LogP contribution in [0.15, 0.2) is 12.1 Å². The van der Waals surface area contributed by atoms with Gasteiger partial charge in [-0.25, -0.2) is 4.79 Å². The summed E-state index contributed by atoms with van der Waals surface area (Å²) in [5.41, 5.74) is 0.141. The summed E-state index contributed by atoms with van der Waals surface area (Å²) in [6.07, 6.45) is 6.84. The molecule has 5 nitrogen and oxygen atoms in total. The molecule has 1 aromatic carbocycles. The summed E-state index contributed by atoms with van der Waals surface area (Å²) in [6.45, 7) is 10.1. The molecule has 1 aromatic rings. The van der Waals surface area contributed by atoms with Crippen LogP contribution in [-0.2, 0) is 4.79 Å². The molecule has 1 fully saturated rings. The van der Waals surface area contributed by atoms with Crippen molar-refractivity contribution in [1.29, 1.82) is 0 Å². The van der Waals surface area contributed by atoms with E-state index in [2.05, 4.69) is 13.8 Å². The highest BCUT2D eigenvalue weighted by molar-refractivity contribution is 5.95. The minimum Gasteiger partial charge on any atom is -0.506 e. The summed E-state index contributed by atoms with van der Waals surface area (Å²) in [7, 11) is 0. The number of carboxylic acids is 1. The summed E-state index contributed by atoms with van der Waals surface area (Å²) in [6, 6.07) is 1.68. The molecule has 1 heterocycles. The molecule has 0 saturated heterocycles. The standard InChI is InChI=1S/C23H30O5/c1-13-12-18-16(20(25)19(13)21(26)27)8-9-22(4,28-18)10-11-23(5)14(2)6-7-17(24)15(23)3/h8-9,12,14-15,25H,6-7,10-11H2,1-5H3,(H,26,27)/t14-,15+,22?,23+/m1/s1. The van der Waals surface area contributed by atoms with Gasteiger partial charge in [-0.05, 0) is 68.2 Å². The lowest BCUT2D eigenvalue weighted by molar-refractivity contribution is -0.132. The first-order valence-electron chi connectivity index (χ1n) is 9.99. The molecule has 1 aliphatic carbocycles. The number of Topliss-reactive ketones (excluding diaryl/α,β-unsaturated/α-hetero) is 1. The molecule has 2 aliphatic rings. The lowest BCUT2D eigenvalue weighted by Crippen LogP contribution is -2.43. The van der Waals surface area contributed by atoms with Crippen LogP contribution in [0.1, 0.15) is 74.9 Å². The number of benzene rings is 1. The smallest absolute Gasteiger partial charge is 0.339 e. The number of ether oxygens (including phenoxy) is 1. The largest absolute Gasteiger partial charge is 0.506 e. The number of hydrogen-bond donors (Lipinski definition) is 2. The number of rotatable bonds is 4. The first-order chi connectivity index (χ1) is 13.0. The highest BCUT2D eigenvalue weighted by Gasteiger charge is 2.45. The predicted molar refractivity (Wildman–Crippen MR) is 108 cm³/mol. The van der Waals surface area contributed by atoms with Crippen molar-refractivity contribution in [3.05, 3.63) is 28.8 Å². The number of hydrogen-bond acceptors (Lipinski definition) is 4. The second-order valence-electron chi connectivity index (χ2n) is 9.02. The molecule has 1 aliphatic heterocycles. The summed E-state index contributed by atoms with van der Waals surface area (Å²) in [5.74, 6) is -0.0728. The Balaban J connectivity index is 1.84. The van der Waals surface area contributed by atoms with E-state index in [1.54, 1.807) is 19.1 Å². The van der Waals surface area contributed by atoms with Crippen LogP contribution in [0.25, 0.3) is 6.08 Å². The van der Waals surface area contributed by atoms with Crippen LogP contribution in [0.4, 0.5) is 0 Å². The van der Waals surface area contributed by atoms with E-state index >= 15 is 0 Å². The average molecular weight is 386 g/mol. The minimum atomic E-state index is -1.16. The monoisotopic (exact) mass is 386 g/mol. The number of aromatic hydroxyl groups is 1. The zero-order chi connectivity index (χ0) is 20.9. The summed E-state index contributed by atoms with van der Waals surface area (Å²) in [5, 5.41) is 19.7. The topological polar surface area (TPSA) is 83.8 Å². The third-order valence-electron chi connectivity index (χ3n) is 7.24. The van der Waals surface area contributed by atoms with Gasteiger partial charge in [-0.15, -0.1) is 0 Å². The number of carbonyl (C=O) groups excluding carboxylic acids is 1. The Bertz CT molecular complexity index is 855. The van der Waals surface area contributed by atoms with E-state index < -0.39 is 11.6 Å². The highest BCUT2D eigenvalue weighted by Crippen LogP contribution is 2.49. The fraction of sp³-hybridized carbons (Fsp3) is 0.565. The fourth-order valence-electron chi connectivity index (χ4n) is 4.66. The molecule has 0 spiro atoms. The molecule has 5 heteroatoms. The van der Waals surface area contributed by atoms with Crippen molar-refractivity contribution in [3.63, 3.8) is 0 Å². The van der Waals surface area contributed by atoms with E-state index in [9.17, 15) is 19.8 Å². The lowest BCUT2D eigenvalue weighted by Gasteiger charge is -2.46. The number of carbonyl (C=O) groups is 2. The maximum atomic E-state index is 12.3. The molecule has 4 atom stereocenters. The van der Waals surface area contributed by atoms with Gasteiger partial charge in [-0.2, -0.15) is 0 Å². The lowest BCUT2D eigenvalue weighted by atomic mass is 9.59. The van der Waals surface area contributed by atoms with Crippen molar-refractivity contribution >= 4 is 17.8 Å². The molecular weight excluding hydrogens is 356 g/mol. The quantitative estimate of drug-likeness (QED) is 0.762. The van der Waals surface area contributed by atoms with Crippen molar-refractivity contribution < 1.29 is 24.5 Å². The number of fused-ring (bicyclic) bond motifs is 1. The Morgan fingerprint density at radius 2 is 1.96 bits per heavy atom. The Kier molecular flexibility index (Phi) is 5.07. The van der Waals surface area contributed by atoms with Crippen LogP contribution in [0, 0.1) is 24.2 Å². The molecule has 0 bridgehead atoms. The molecule has 0 aromatic heterocycles. The van der Waals surface area contributed by atoms with Crippen LogP contribution >= 0.6 is 0 Å². The molecule has 28 heavy (non-hydrogen) atoms. The zero-order valence-electron chi connectivity index (χ0n) is 17.3. The zero-order valence-corrected chi connectivity index (χ0v) is 17.3. The maximum absolute atomic E-state index is 12.3. The molecule has 1 saturated carbocycles. The summed E-state index contributed by atoms with van der Waals surface area (Å²) < 4.78 is 6.22. The third-order valence-corrected chi connectivity index (χ3v) is 7.24. The van der Waals surface area contributed by atoms with Crippen LogP contribution < -0.4 is 4.74 Å². The van der Waals surface area contributed by atoms with Gasteiger partial charge in [0.25, 0.3) is 0 Å². The summed E-state index contributed by atoms with van der Waals surface area (Å²) in [4.78, 5) is 23.7. The average Bonchev–Trinajstić information content (AvgIpc) is 2.61. The Morgan fingerprint density at radius 3 is 2.61 bits per heavy atom. The normalized spacial score (nSPS) is 32.0. The van der Waals surface area contributed by atoms with E-state index in [0.29, 0.717) is 35.0 Å². The number of aryl methyl sites for hydroxylation is 1. The van der Waals surface area contributed by atoms with Gasteiger partial charge in [0.15, 0.2) is 0 Å². The minimum absolute atomic E-state index is 0.0316. The van der Waals surface area contributed by atoms with Crippen molar-refractivity contribution in [2.45, 2.75) is 65.9 Å².